The second-order valence-electron chi connectivity index (χ2n) is 3.66. The highest BCUT2D eigenvalue weighted by atomic mass is 79.9. The molecule has 2 N–H and O–H groups in total. The van der Waals surface area contributed by atoms with Crippen molar-refractivity contribution in [2.45, 2.75) is 6.04 Å². The number of hydrogen-bond donors (Lipinski definition) is 2. The summed E-state index contributed by atoms with van der Waals surface area (Å²) in [5, 5.41) is 12.8. The van der Waals surface area contributed by atoms with Crippen molar-refractivity contribution in [1.82, 2.24) is 0 Å². The predicted molar refractivity (Wildman–Crippen MR) is 87.3 cm³/mol. The smallest absolute Gasteiger partial charge is 0.0844 e. The molecule has 0 amide bonds. The highest BCUT2D eigenvalue weighted by Crippen LogP contribution is 2.36. The summed E-state index contributed by atoms with van der Waals surface area (Å²) >= 11 is 11.9. The molecule has 0 saturated heterocycles. The summed E-state index contributed by atoms with van der Waals surface area (Å²) in [4.78, 5) is 1.08. The molecule has 0 aliphatic heterocycles. The maximum atomic E-state index is 9.50. The molecule has 1 aromatic carbocycles. The number of anilines is 1. The maximum absolute atomic E-state index is 9.50. The highest BCUT2D eigenvalue weighted by molar-refractivity contribution is 9.13. The lowest BCUT2D eigenvalue weighted by atomic mass is 10.2. The van der Waals surface area contributed by atoms with Crippen molar-refractivity contribution in [3.63, 3.8) is 0 Å². The van der Waals surface area contributed by atoms with E-state index in [1.165, 1.54) is 0 Å². The SMILES string of the molecule is OCC(Nc1ccc(Br)cc1)c1cc(Br)c(Br)s1. The third-order valence-electron chi connectivity index (χ3n) is 2.38. The molecular formula is C12H10Br3NOS. The molecular weight excluding hydrogens is 446 g/mol. The van der Waals surface area contributed by atoms with Crippen molar-refractivity contribution in [2.24, 2.45) is 0 Å². The monoisotopic (exact) mass is 453 g/mol. The van der Waals surface area contributed by atoms with Crippen LogP contribution >= 0.6 is 59.1 Å². The lowest BCUT2D eigenvalue weighted by Gasteiger charge is -2.16. The molecule has 0 bridgehead atoms. The standard InChI is InChI=1S/C12H10Br3NOS/c13-7-1-3-8(4-2-7)16-10(6-17)11-5-9(14)12(15)18-11/h1-5,10,16-17H,6H2. The Balaban J connectivity index is 2.16. The van der Waals surface area contributed by atoms with Gasteiger partial charge in [-0.25, -0.2) is 0 Å². The molecule has 0 aliphatic rings. The van der Waals surface area contributed by atoms with Gasteiger partial charge < -0.3 is 10.4 Å². The van der Waals surface area contributed by atoms with Crippen LogP contribution in [0.4, 0.5) is 5.69 Å². The van der Waals surface area contributed by atoms with Gasteiger partial charge in [-0.05, 0) is 62.2 Å². The second-order valence-corrected chi connectivity index (χ2v) is 7.83. The Hall–Kier alpha value is 0.120. The normalized spacial score (nSPS) is 12.4. The van der Waals surface area contributed by atoms with Gasteiger partial charge in [0, 0.05) is 19.5 Å². The first-order valence-corrected chi connectivity index (χ1v) is 8.37. The number of halogens is 3. The first-order chi connectivity index (χ1) is 8.60. The van der Waals surface area contributed by atoms with Crippen molar-refractivity contribution in [3.8, 4) is 0 Å². The molecule has 2 aromatic rings. The lowest BCUT2D eigenvalue weighted by molar-refractivity contribution is 0.278. The molecule has 0 radical (unpaired) electrons. The summed E-state index contributed by atoms with van der Waals surface area (Å²) < 4.78 is 3.09. The van der Waals surface area contributed by atoms with E-state index in [0.29, 0.717) is 0 Å². The zero-order valence-electron chi connectivity index (χ0n) is 9.16. The van der Waals surface area contributed by atoms with Crippen LogP contribution in [0, 0.1) is 0 Å². The van der Waals surface area contributed by atoms with E-state index in [1.807, 2.05) is 30.3 Å². The lowest BCUT2D eigenvalue weighted by Crippen LogP contribution is -2.13. The van der Waals surface area contributed by atoms with Gasteiger partial charge in [-0.2, -0.15) is 0 Å². The quantitative estimate of drug-likeness (QED) is 0.665. The first-order valence-electron chi connectivity index (χ1n) is 5.18. The summed E-state index contributed by atoms with van der Waals surface area (Å²) in [6.07, 6.45) is 0. The maximum Gasteiger partial charge on any atom is 0.0844 e. The van der Waals surface area contributed by atoms with Crippen molar-refractivity contribution in [1.29, 1.82) is 0 Å². The van der Waals surface area contributed by atoms with Crippen LogP contribution in [0.5, 0.6) is 0 Å². The zero-order valence-corrected chi connectivity index (χ0v) is 14.7. The minimum Gasteiger partial charge on any atom is -0.394 e. The summed E-state index contributed by atoms with van der Waals surface area (Å²) in [7, 11) is 0. The summed E-state index contributed by atoms with van der Waals surface area (Å²) in [6.45, 7) is 0.0510. The van der Waals surface area contributed by atoms with Gasteiger partial charge in [0.25, 0.3) is 0 Å². The van der Waals surface area contributed by atoms with E-state index in [4.69, 9.17) is 0 Å². The van der Waals surface area contributed by atoms with Crippen molar-refractivity contribution in [3.05, 3.63) is 47.9 Å². The first kappa shape index (κ1) is 14.5. The van der Waals surface area contributed by atoms with E-state index < -0.39 is 0 Å². The molecule has 0 fully saturated rings. The third-order valence-corrected chi connectivity index (χ3v) is 6.27. The van der Waals surface area contributed by atoms with Crippen LogP contribution < -0.4 is 5.32 Å². The number of nitrogens with one attached hydrogen (secondary N) is 1. The molecule has 0 saturated carbocycles. The van der Waals surface area contributed by atoms with Crippen LogP contribution in [0.25, 0.3) is 0 Å². The average Bonchev–Trinajstić information content (AvgIpc) is 2.69. The number of aliphatic hydroxyl groups excluding tert-OH is 1. The topological polar surface area (TPSA) is 32.3 Å². The number of aliphatic hydroxyl groups is 1. The van der Waals surface area contributed by atoms with Gasteiger partial charge >= 0.3 is 0 Å². The van der Waals surface area contributed by atoms with Gasteiger partial charge in [0.05, 0.1) is 16.4 Å². The fourth-order valence-corrected chi connectivity index (χ4v) is 3.89. The Morgan fingerprint density at radius 1 is 1.17 bits per heavy atom. The van der Waals surface area contributed by atoms with Crippen LogP contribution in [0.3, 0.4) is 0 Å². The van der Waals surface area contributed by atoms with Crippen LogP contribution in [-0.2, 0) is 0 Å². The third kappa shape index (κ3) is 3.57. The number of rotatable bonds is 4. The molecule has 6 heteroatoms. The minimum atomic E-state index is -0.0984. The second kappa shape index (κ2) is 6.52. The predicted octanol–water partition coefficient (Wildman–Crippen LogP) is 5.18. The largest absolute Gasteiger partial charge is 0.394 e. The number of thiophene rings is 1. The Morgan fingerprint density at radius 3 is 2.33 bits per heavy atom. The van der Waals surface area contributed by atoms with Gasteiger partial charge in [0.1, 0.15) is 0 Å². The molecule has 96 valence electrons. The van der Waals surface area contributed by atoms with E-state index in [2.05, 4.69) is 53.1 Å². The zero-order chi connectivity index (χ0) is 13.1. The minimum absolute atomic E-state index is 0.0510. The Kier molecular flexibility index (Phi) is 5.26. The van der Waals surface area contributed by atoms with Gasteiger partial charge in [-0.1, -0.05) is 15.9 Å². The highest BCUT2D eigenvalue weighted by Gasteiger charge is 2.14. The van der Waals surface area contributed by atoms with Crippen molar-refractivity contribution in [2.75, 3.05) is 11.9 Å². The van der Waals surface area contributed by atoms with Crippen molar-refractivity contribution < 1.29 is 5.11 Å². The number of benzene rings is 1. The summed E-state index contributed by atoms with van der Waals surface area (Å²) in [5.41, 5.74) is 0.984. The average molecular weight is 456 g/mol. The van der Waals surface area contributed by atoms with Gasteiger partial charge in [0.15, 0.2) is 0 Å². The van der Waals surface area contributed by atoms with Gasteiger partial charge in [-0.3, -0.25) is 0 Å². The van der Waals surface area contributed by atoms with Crippen LogP contribution in [-0.4, -0.2) is 11.7 Å². The van der Waals surface area contributed by atoms with E-state index in [1.54, 1.807) is 11.3 Å². The molecule has 1 unspecified atom stereocenters. The summed E-state index contributed by atoms with van der Waals surface area (Å²) in [5.74, 6) is 0. The molecule has 1 atom stereocenters. The van der Waals surface area contributed by atoms with E-state index in [-0.39, 0.29) is 12.6 Å². The fourth-order valence-electron chi connectivity index (χ4n) is 1.49. The van der Waals surface area contributed by atoms with Gasteiger partial charge in [-0.15, -0.1) is 11.3 Å². The van der Waals surface area contributed by atoms with E-state index in [9.17, 15) is 5.11 Å². The Labute approximate surface area is 135 Å². The number of hydrogen-bond acceptors (Lipinski definition) is 3. The van der Waals surface area contributed by atoms with Crippen LogP contribution in [0.15, 0.2) is 43.1 Å². The molecule has 1 heterocycles. The van der Waals surface area contributed by atoms with E-state index in [0.717, 1.165) is 23.3 Å². The fraction of sp³-hybridized carbons (Fsp3) is 0.167. The van der Waals surface area contributed by atoms with Crippen LogP contribution in [0.2, 0.25) is 0 Å². The molecule has 1 aromatic heterocycles. The Morgan fingerprint density at radius 2 is 1.83 bits per heavy atom. The summed E-state index contributed by atoms with van der Waals surface area (Å²) in [6, 6.07) is 9.81. The van der Waals surface area contributed by atoms with E-state index >= 15 is 0 Å². The van der Waals surface area contributed by atoms with Crippen molar-refractivity contribution >= 4 is 64.8 Å². The van der Waals surface area contributed by atoms with Crippen LogP contribution in [0.1, 0.15) is 10.9 Å². The molecule has 0 aliphatic carbocycles. The van der Waals surface area contributed by atoms with Gasteiger partial charge in [0.2, 0.25) is 0 Å². The molecule has 18 heavy (non-hydrogen) atoms. The Bertz CT molecular complexity index is 507. The molecule has 0 spiro atoms. The molecule has 2 nitrogen and oxygen atoms in total. The molecule has 2 rings (SSSR count).